The second-order valence-electron chi connectivity index (χ2n) is 9.79. The normalized spacial score (nSPS) is 32.1. The lowest BCUT2D eigenvalue weighted by atomic mass is 9.74. The average Bonchev–Trinajstić information content (AvgIpc) is 3.48. The highest BCUT2D eigenvalue weighted by Crippen LogP contribution is 2.55. The molecule has 2 bridgehead atoms. The quantitative estimate of drug-likeness (QED) is 0.601. The number of benzene rings is 1. The molecule has 8 nitrogen and oxygen atoms in total. The topological polar surface area (TPSA) is 97.0 Å². The number of amides is 3. The zero-order valence-electron chi connectivity index (χ0n) is 19.8. The van der Waals surface area contributed by atoms with E-state index in [1.165, 1.54) is 6.42 Å². The molecule has 1 aromatic rings. The molecule has 3 aliphatic heterocycles. The first-order valence-electron chi connectivity index (χ1n) is 12.4. The van der Waals surface area contributed by atoms with Gasteiger partial charge in [-0.3, -0.25) is 14.4 Å². The fourth-order valence-electron chi connectivity index (χ4n) is 6.18. The van der Waals surface area contributed by atoms with Gasteiger partial charge in [0, 0.05) is 18.3 Å². The number of hydrogen-bond donors (Lipinski definition) is 2. The third kappa shape index (κ3) is 3.68. The van der Waals surface area contributed by atoms with Gasteiger partial charge >= 0.3 is 0 Å². The van der Waals surface area contributed by atoms with Crippen molar-refractivity contribution in [3.63, 3.8) is 0 Å². The van der Waals surface area contributed by atoms with Gasteiger partial charge in [-0.05, 0) is 43.5 Å². The van der Waals surface area contributed by atoms with Crippen LogP contribution in [0.3, 0.4) is 0 Å². The van der Waals surface area contributed by atoms with Crippen LogP contribution < -0.4 is 15.4 Å². The highest BCUT2D eigenvalue weighted by atomic mass is 16.5. The van der Waals surface area contributed by atoms with Gasteiger partial charge < -0.3 is 25.0 Å². The van der Waals surface area contributed by atoms with Crippen LogP contribution in [0.4, 0.5) is 5.69 Å². The van der Waals surface area contributed by atoms with Crippen LogP contribution in [0.2, 0.25) is 0 Å². The summed E-state index contributed by atoms with van der Waals surface area (Å²) in [5.74, 6) is -1.33. The number of hydrogen-bond acceptors (Lipinski definition) is 5. The van der Waals surface area contributed by atoms with E-state index in [4.69, 9.17) is 9.47 Å². The minimum atomic E-state index is -1.10. The van der Waals surface area contributed by atoms with Gasteiger partial charge in [-0.25, -0.2) is 0 Å². The zero-order valence-corrected chi connectivity index (χ0v) is 19.8. The number of nitrogens with one attached hydrogen (secondary N) is 2. The number of rotatable bonds is 7. The molecule has 3 fully saturated rings. The van der Waals surface area contributed by atoms with E-state index in [2.05, 4.69) is 10.6 Å². The van der Waals surface area contributed by atoms with Crippen LogP contribution in [0, 0.1) is 11.8 Å². The summed E-state index contributed by atoms with van der Waals surface area (Å²) >= 11 is 0. The van der Waals surface area contributed by atoms with Crippen LogP contribution in [0.1, 0.15) is 45.4 Å². The maximum Gasteiger partial charge on any atom is 0.246 e. The average molecular weight is 468 g/mol. The number of anilines is 1. The first-order valence-corrected chi connectivity index (χ1v) is 12.4. The molecule has 3 heterocycles. The summed E-state index contributed by atoms with van der Waals surface area (Å²) in [6.45, 7) is 2.44. The molecule has 3 amide bonds. The van der Waals surface area contributed by atoms with Crippen molar-refractivity contribution in [2.24, 2.45) is 11.8 Å². The second-order valence-corrected chi connectivity index (χ2v) is 9.79. The number of fused-ring (bicyclic) bond motifs is 1. The molecule has 0 aromatic heterocycles. The molecule has 34 heavy (non-hydrogen) atoms. The SMILES string of the molecule is CCCN1C(=O)[C@H]2[C@@H](C(=O)Nc3ccc(OC)cc3)[C@H]3C=C[C@@]2(O3)[C@@H]1C(=O)NC1CCCCC1. The maximum atomic E-state index is 13.7. The lowest BCUT2D eigenvalue weighted by Gasteiger charge is -2.34. The van der Waals surface area contributed by atoms with Crippen LogP contribution in [0.5, 0.6) is 5.75 Å². The van der Waals surface area contributed by atoms with E-state index >= 15 is 0 Å². The van der Waals surface area contributed by atoms with Gasteiger partial charge in [0.2, 0.25) is 17.7 Å². The zero-order chi connectivity index (χ0) is 23.9. The van der Waals surface area contributed by atoms with E-state index in [1.807, 2.05) is 19.1 Å². The summed E-state index contributed by atoms with van der Waals surface area (Å²) < 4.78 is 11.5. The summed E-state index contributed by atoms with van der Waals surface area (Å²) in [5.41, 5.74) is -0.480. The first-order chi connectivity index (χ1) is 16.5. The van der Waals surface area contributed by atoms with Crippen molar-refractivity contribution >= 4 is 23.4 Å². The first kappa shape index (κ1) is 22.9. The molecular weight excluding hydrogens is 434 g/mol. The Morgan fingerprint density at radius 3 is 2.56 bits per heavy atom. The van der Waals surface area contributed by atoms with Crippen LogP contribution in [0.25, 0.3) is 0 Å². The fourth-order valence-corrected chi connectivity index (χ4v) is 6.18. The third-order valence-corrected chi connectivity index (χ3v) is 7.70. The molecule has 2 N–H and O–H groups in total. The Hall–Kier alpha value is -2.87. The van der Waals surface area contributed by atoms with E-state index in [0.29, 0.717) is 18.0 Å². The van der Waals surface area contributed by atoms with Crippen LogP contribution in [0.15, 0.2) is 36.4 Å². The molecule has 8 heteroatoms. The van der Waals surface area contributed by atoms with Crippen molar-refractivity contribution in [3.8, 4) is 5.75 Å². The maximum absolute atomic E-state index is 13.7. The van der Waals surface area contributed by atoms with Gasteiger partial charge in [-0.1, -0.05) is 38.3 Å². The van der Waals surface area contributed by atoms with Gasteiger partial charge in [-0.2, -0.15) is 0 Å². The predicted octanol–water partition coefficient (Wildman–Crippen LogP) is 2.64. The summed E-state index contributed by atoms with van der Waals surface area (Å²) in [5, 5.41) is 6.12. The summed E-state index contributed by atoms with van der Waals surface area (Å²) in [7, 11) is 1.58. The molecule has 4 aliphatic rings. The van der Waals surface area contributed by atoms with E-state index in [0.717, 1.165) is 32.1 Å². The second kappa shape index (κ2) is 9.06. The van der Waals surface area contributed by atoms with Crippen molar-refractivity contribution < 1.29 is 23.9 Å². The van der Waals surface area contributed by atoms with Gasteiger partial charge in [-0.15, -0.1) is 0 Å². The van der Waals surface area contributed by atoms with Gasteiger partial charge in [0.25, 0.3) is 0 Å². The van der Waals surface area contributed by atoms with Crippen molar-refractivity contribution in [2.45, 2.75) is 69.2 Å². The minimum Gasteiger partial charge on any atom is -0.497 e. The van der Waals surface area contributed by atoms with Crippen molar-refractivity contribution in [2.75, 3.05) is 19.0 Å². The van der Waals surface area contributed by atoms with Gasteiger partial charge in [0.1, 0.15) is 17.4 Å². The van der Waals surface area contributed by atoms with E-state index in [-0.39, 0.29) is 23.8 Å². The highest BCUT2D eigenvalue weighted by molar-refractivity contribution is 6.02. The molecule has 2 saturated heterocycles. The largest absolute Gasteiger partial charge is 0.497 e. The van der Waals surface area contributed by atoms with Crippen LogP contribution in [-0.4, -0.2) is 60.1 Å². The van der Waals surface area contributed by atoms with E-state index in [1.54, 1.807) is 36.3 Å². The molecule has 1 spiro atoms. The predicted molar refractivity (Wildman–Crippen MR) is 126 cm³/mol. The van der Waals surface area contributed by atoms with Crippen molar-refractivity contribution in [1.29, 1.82) is 0 Å². The number of ether oxygens (including phenoxy) is 2. The number of carbonyl (C=O) groups is 3. The number of carbonyl (C=O) groups excluding carboxylic acids is 3. The molecule has 0 radical (unpaired) electrons. The lowest BCUT2D eigenvalue weighted by Crippen LogP contribution is -2.56. The van der Waals surface area contributed by atoms with Gasteiger partial charge in [0.15, 0.2) is 0 Å². The highest BCUT2D eigenvalue weighted by Gasteiger charge is 2.72. The molecule has 1 aliphatic carbocycles. The molecule has 0 unspecified atom stereocenters. The number of likely N-dealkylation sites (tertiary alicyclic amines) is 1. The van der Waals surface area contributed by atoms with E-state index in [9.17, 15) is 14.4 Å². The summed E-state index contributed by atoms with van der Waals surface area (Å²) in [4.78, 5) is 42.2. The molecular formula is C26H33N3O5. The summed E-state index contributed by atoms with van der Waals surface area (Å²) in [6.07, 6.45) is 9.22. The van der Waals surface area contributed by atoms with Gasteiger partial charge in [0.05, 0.1) is 25.0 Å². The Bertz CT molecular complexity index is 987. The molecule has 1 saturated carbocycles. The summed E-state index contributed by atoms with van der Waals surface area (Å²) in [6, 6.07) is 6.43. The fraction of sp³-hybridized carbons (Fsp3) is 0.577. The Labute approximate surface area is 200 Å². The minimum absolute atomic E-state index is 0.132. The Morgan fingerprint density at radius 1 is 1.15 bits per heavy atom. The Balaban J connectivity index is 1.40. The number of methoxy groups -OCH3 is 1. The molecule has 5 rings (SSSR count). The van der Waals surface area contributed by atoms with Crippen molar-refractivity contribution in [1.82, 2.24) is 10.2 Å². The molecule has 182 valence electrons. The Kier molecular flexibility index (Phi) is 6.10. The standard InChI is InChI=1S/C26H33N3O5/c1-3-15-29-22(24(31)28-16-7-5-4-6-8-16)26-14-13-19(34-26)20(21(26)25(29)32)23(30)27-17-9-11-18(33-2)12-10-17/h9-14,16,19-22H,3-8,15H2,1-2H3,(H,27,30)(H,28,31)/t19-,20+,21-,22+,26+/m1/s1. The Morgan fingerprint density at radius 2 is 1.88 bits per heavy atom. The smallest absolute Gasteiger partial charge is 0.246 e. The lowest BCUT2D eigenvalue weighted by molar-refractivity contribution is -0.141. The molecule has 5 atom stereocenters. The van der Waals surface area contributed by atoms with Crippen LogP contribution >= 0.6 is 0 Å². The van der Waals surface area contributed by atoms with Crippen molar-refractivity contribution in [3.05, 3.63) is 36.4 Å². The third-order valence-electron chi connectivity index (χ3n) is 7.70. The van der Waals surface area contributed by atoms with Crippen LogP contribution in [-0.2, 0) is 19.1 Å². The van der Waals surface area contributed by atoms with E-state index < -0.39 is 29.6 Å². The molecule has 1 aromatic carbocycles. The number of nitrogens with zero attached hydrogens (tertiary/aromatic N) is 1. The monoisotopic (exact) mass is 467 g/mol.